The number of rotatable bonds is 9. The molecule has 0 radical (unpaired) electrons. The third-order valence-electron chi connectivity index (χ3n) is 3.09. The fourth-order valence-electron chi connectivity index (χ4n) is 1.85. The fourth-order valence-corrected chi connectivity index (χ4v) is 1.85. The second-order valence-corrected chi connectivity index (χ2v) is 4.58. The predicted octanol–water partition coefficient (Wildman–Crippen LogP) is 0.416. The molecule has 0 amide bonds. The fraction of sp³-hybridized carbons (Fsp3) is 0.846. The molecular formula is C13H27N3O. The average Bonchev–Trinajstić information content (AvgIpc) is 2.35. The van der Waals surface area contributed by atoms with Crippen molar-refractivity contribution >= 4 is 0 Å². The number of piperazine rings is 1. The highest BCUT2D eigenvalue weighted by Gasteiger charge is 2.12. The quantitative estimate of drug-likeness (QED) is 0.468. The topological polar surface area (TPSA) is 27.7 Å². The average molecular weight is 241 g/mol. The summed E-state index contributed by atoms with van der Waals surface area (Å²) in [4.78, 5) is 4.91. The third kappa shape index (κ3) is 7.49. The minimum absolute atomic E-state index is 0.795. The number of hydrogen-bond donors (Lipinski definition) is 1. The zero-order valence-corrected chi connectivity index (χ0v) is 11.2. The molecule has 1 saturated heterocycles. The standard InChI is InChI=1S/C13H27N3O/c1-3-4-12-17-13-6-14-5-7-16-10-8-15(2)9-11-16/h3,14H,1,4-13H2,2H3. The Kier molecular flexibility index (Phi) is 8.26. The molecule has 0 aromatic rings. The van der Waals surface area contributed by atoms with Gasteiger partial charge < -0.3 is 15.0 Å². The summed E-state index contributed by atoms with van der Waals surface area (Å²) in [5.41, 5.74) is 0. The molecule has 0 spiro atoms. The number of ether oxygens (including phenoxy) is 1. The van der Waals surface area contributed by atoms with Gasteiger partial charge in [-0.05, 0) is 13.5 Å². The monoisotopic (exact) mass is 241 g/mol. The highest BCUT2D eigenvalue weighted by Crippen LogP contribution is 1.97. The molecule has 1 rings (SSSR count). The van der Waals surface area contributed by atoms with E-state index in [1.54, 1.807) is 0 Å². The molecule has 0 atom stereocenters. The van der Waals surface area contributed by atoms with Crippen LogP contribution in [0.4, 0.5) is 0 Å². The molecule has 1 aliphatic heterocycles. The zero-order chi connectivity index (χ0) is 12.3. The van der Waals surface area contributed by atoms with Crippen molar-refractivity contribution in [1.29, 1.82) is 0 Å². The van der Waals surface area contributed by atoms with Gasteiger partial charge in [0.15, 0.2) is 0 Å². The van der Waals surface area contributed by atoms with Gasteiger partial charge in [-0.1, -0.05) is 6.08 Å². The first-order valence-corrected chi connectivity index (χ1v) is 6.63. The van der Waals surface area contributed by atoms with Crippen molar-refractivity contribution in [2.24, 2.45) is 0 Å². The minimum Gasteiger partial charge on any atom is -0.380 e. The van der Waals surface area contributed by atoms with Crippen LogP contribution in [-0.2, 0) is 4.74 Å². The maximum Gasteiger partial charge on any atom is 0.0591 e. The molecule has 0 aromatic heterocycles. The Morgan fingerprint density at radius 1 is 1.18 bits per heavy atom. The van der Waals surface area contributed by atoms with Crippen LogP contribution in [0.5, 0.6) is 0 Å². The van der Waals surface area contributed by atoms with E-state index < -0.39 is 0 Å². The van der Waals surface area contributed by atoms with Gasteiger partial charge in [0, 0.05) is 45.8 Å². The van der Waals surface area contributed by atoms with Crippen LogP contribution in [-0.4, -0.2) is 75.9 Å². The first kappa shape index (κ1) is 14.6. The van der Waals surface area contributed by atoms with E-state index in [2.05, 4.69) is 28.7 Å². The highest BCUT2D eigenvalue weighted by atomic mass is 16.5. The Labute approximate surface area is 106 Å². The van der Waals surface area contributed by atoms with E-state index >= 15 is 0 Å². The minimum atomic E-state index is 0.795. The second kappa shape index (κ2) is 9.59. The van der Waals surface area contributed by atoms with Crippen LogP contribution in [0.2, 0.25) is 0 Å². The lowest BCUT2D eigenvalue weighted by molar-refractivity contribution is 0.135. The summed E-state index contributed by atoms with van der Waals surface area (Å²) in [7, 11) is 2.19. The largest absolute Gasteiger partial charge is 0.380 e. The molecule has 1 aliphatic rings. The smallest absolute Gasteiger partial charge is 0.0591 e. The summed E-state index contributed by atoms with van der Waals surface area (Å²) < 4.78 is 5.43. The maximum atomic E-state index is 5.43. The first-order valence-electron chi connectivity index (χ1n) is 6.63. The Morgan fingerprint density at radius 3 is 2.65 bits per heavy atom. The van der Waals surface area contributed by atoms with Gasteiger partial charge in [-0.15, -0.1) is 6.58 Å². The van der Waals surface area contributed by atoms with Gasteiger partial charge in [-0.2, -0.15) is 0 Å². The summed E-state index contributed by atoms with van der Waals surface area (Å²) >= 11 is 0. The molecular weight excluding hydrogens is 214 g/mol. The lowest BCUT2D eigenvalue weighted by Gasteiger charge is -2.32. The molecule has 4 nitrogen and oxygen atoms in total. The van der Waals surface area contributed by atoms with E-state index in [4.69, 9.17) is 4.74 Å². The van der Waals surface area contributed by atoms with Gasteiger partial charge in [0.1, 0.15) is 0 Å². The SMILES string of the molecule is C=CCCOCCNCCN1CCN(C)CC1. The Bertz CT molecular complexity index is 191. The molecule has 1 fully saturated rings. The molecule has 0 aliphatic carbocycles. The Hall–Kier alpha value is -0.420. The molecule has 1 heterocycles. The molecule has 0 bridgehead atoms. The normalized spacial score (nSPS) is 18.4. The molecule has 4 heteroatoms. The Morgan fingerprint density at radius 2 is 1.94 bits per heavy atom. The molecule has 1 N–H and O–H groups in total. The van der Waals surface area contributed by atoms with Crippen molar-refractivity contribution in [1.82, 2.24) is 15.1 Å². The summed E-state index contributed by atoms with van der Waals surface area (Å²) in [5.74, 6) is 0. The molecule has 0 aromatic carbocycles. The van der Waals surface area contributed by atoms with Crippen LogP contribution in [0, 0.1) is 0 Å². The lowest BCUT2D eigenvalue weighted by Crippen LogP contribution is -2.46. The van der Waals surface area contributed by atoms with E-state index in [0.29, 0.717) is 0 Å². The van der Waals surface area contributed by atoms with Crippen molar-refractivity contribution in [3.05, 3.63) is 12.7 Å². The van der Waals surface area contributed by atoms with E-state index in [1.165, 1.54) is 26.2 Å². The van der Waals surface area contributed by atoms with Crippen LogP contribution in [0.25, 0.3) is 0 Å². The second-order valence-electron chi connectivity index (χ2n) is 4.58. The first-order chi connectivity index (χ1) is 8.33. The predicted molar refractivity (Wildman–Crippen MR) is 72.4 cm³/mol. The summed E-state index contributed by atoms with van der Waals surface area (Å²) in [6.45, 7) is 13.2. The van der Waals surface area contributed by atoms with Crippen LogP contribution >= 0.6 is 0 Å². The Balaban J connectivity index is 1.82. The number of likely N-dealkylation sites (N-methyl/N-ethyl adjacent to an activating group) is 1. The number of nitrogens with one attached hydrogen (secondary N) is 1. The van der Waals surface area contributed by atoms with Crippen molar-refractivity contribution in [2.75, 3.05) is 66.1 Å². The van der Waals surface area contributed by atoms with Crippen molar-refractivity contribution in [3.63, 3.8) is 0 Å². The van der Waals surface area contributed by atoms with Gasteiger partial charge >= 0.3 is 0 Å². The highest BCUT2D eigenvalue weighted by molar-refractivity contribution is 4.69. The van der Waals surface area contributed by atoms with Gasteiger partial charge in [0.05, 0.1) is 13.2 Å². The molecule has 17 heavy (non-hydrogen) atoms. The van der Waals surface area contributed by atoms with Crippen LogP contribution in [0.1, 0.15) is 6.42 Å². The van der Waals surface area contributed by atoms with Gasteiger partial charge in [0.25, 0.3) is 0 Å². The van der Waals surface area contributed by atoms with E-state index in [9.17, 15) is 0 Å². The van der Waals surface area contributed by atoms with Gasteiger partial charge in [0.2, 0.25) is 0 Å². The van der Waals surface area contributed by atoms with Crippen LogP contribution < -0.4 is 5.32 Å². The van der Waals surface area contributed by atoms with Gasteiger partial charge in [-0.25, -0.2) is 0 Å². The van der Waals surface area contributed by atoms with Gasteiger partial charge in [-0.3, -0.25) is 4.90 Å². The van der Waals surface area contributed by atoms with Crippen molar-refractivity contribution in [3.8, 4) is 0 Å². The van der Waals surface area contributed by atoms with E-state index in [1.807, 2.05) is 6.08 Å². The zero-order valence-electron chi connectivity index (χ0n) is 11.2. The summed E-state index contributed by atoms with van der Waals surface area (Å²) in [6.07, 6.45) is 2.84. The summed E-state index contributed by atoms with van der Waals surface area (Å²) in [6, 6.07) is 0. The molecule has 100 valence electrons. The van der Waals surface area contributed by atoms with E-state index in [-0.39, 0.29) is 0 Å². The van der Waals surface area contributed by atoms with Crippen LogP contribution in [0.15, 0.2) is 12.7 Å². The van der Waals surface area contributed by atoms with Crippen molar-refractivity contribution in [2.45, 2.75) is 6.42 Å². The summed E-state index contributed by atoms with van der Waals surface area (Å²) in [5, 5.41) is 3.41. The molecule has 0 saturated carbocycles. The van der Waals surface area contributed by atoms with Crippen molar-refractivity contribution < 1.29 is 4.74 Å². The van der Waals surface area contributed by atoms with Crippen LogP contribution in [0.3, 0.4) is 0 Å². The third-order valence-corrected chi connectivity index (χ3v) is 3.09. The van der Waals surface area contributed by atoms with E-state index in [0.717, 1.165) is 39.3 Å². The maximum absolute atomic E-state index is 5.43. The number of nitrogens with zero attached hydrogens (tertiary/aromatic N) is 2. The lowest BCUT2D eigenvalue weighted by atomic mass is 10.3. The molecule has 0 unspecified atom stereocenters. The number of hydrogen-bond acceptors (Lipinski definition) is 4.